The van der Waals surface area contributed by atoms with Crippen LogP contribution in [0.15, 0.2) is 48.5 Å². The molecule has 0 spiro atoms. The molecule has 3 nitrogen and oxygen atoms in total. The number of quaternary nitrogens is 1. The van der Waals surface area contributed by atoms with Crippen LogP contribution >= 0.6 is 0 Å². The fraction of sp³-hybridized carbons (Fsp3) is 0.318. The number of carbonyl (C=O) groups excluding carboxylic acids is 1. The molecule has 1 aliphatic heterocycles. The van der Waals surface area contributed by atoms with Crippen molar-refractivity contribution in [2.75, 3.05) is 6.54 Å². The van der Waals surface area contributed by atoms with Gasteiger partial charge in [0.25, 0.3) is 0 Å². The first-order chi connectivity index (χ1) is 12.3. The zero-order valence-electron chi connectivity index (χ0n) is 14.4. The Balaban J connectivity index is 1.60. The average molecular weight is 331 g/mol. The normalized spacial score (nSPS) is 21.9. The summed E-state index contributed by atoms with van der Waals surface area (Å²) in [6.45, 7) is 3.35. The highest BCUT2D eigenvalue weighted by Crippen LogP contribution is 2.37. The van der Waals surface area contributed by atoms with E-state index in [4.69, 9.17) is 0 Å². The molecule has 2 aliphatic rings. The molecule has 3 aromatic rings. The van der Waals surface area contributed by atoms with Gasteiger partial charge in [-0.25, -0.2) is 0 Å². The molecule has 0 amide bonds. The predicted molar refractivity (Wildman–Crippen MR) is 99.0 cm³/mol. The monoisotopic (exact) mass is 331 g/mol. The predicted octanol–water partition coefficient (Wildman–Crippen LogP) is 2.93. The van der Waals surface area contributed by atoms with Crippen LogP contribution < -0.4 is 4.90 Å². The molecule has 0 fully saturated rings. The molecule has 0 saturated carbocycles. The lowest BCUT2D eigenvalue weighted by atomic mass is 9.89. The zero-order chi connectivity index (χ0) is 16.8. The van der Waals surface area contributed by atoms with E-state index in [1.165, 1.54) is 41.4 Å². The van der Waals surface area contributed by atoms with Gasteiger partial charge in [0.1, 0.15) is 18.9 Å². The number of carbonyl (C=O) groups is 1. The highest BCUT2D eigenvalue weighted by molar-refractivity contribution is 5.91. The average Bonchev–Trinajstić information content (AvgIpc) is 2.99. The van der Waals surface area contributed by atoms with Crippen LogP contribution in [0.2, 0.25) is 0 Å². The Morgan fingerprint density at radius 2 is 2.04 bits per heavy atom. The van der Waals surface area contributed by atoms with Crippen molar-refractivity contribution in [2.24, 2.45) is 0 Å². The smallest absolute Gasteiger partial charge is 0.150 e. The largest absolute Gasteiger partial charge is 0.334 e. The second-order valence-corrected chi connectivity index (χ2v) is 7.43. The highest BCUT2D eigenvalue weighted by atomic mass is 16.1. The maximum Gasteiger partial charge on any atom is 0.150 e. The summed E-state index contributed by atoms with van der Waals surface area (Å²) >= 11 is 0. The van der Waals surface area contributed by atoms with Crippen LogP contribution in [0.4, 0.5) is 0 Å². The van der Waals surface area contributed by atoms with E-state index < -0.39 is 0 Å². The lowest BCUT2D eigenvalue weighted by Crippen LogP contribution is -3.12. The maximum absolute atomic E-state index is 11.2. The van der Waals surface area contributed by atoms with E-state index in [1.54, 1.807) is 10.6 Å². The van der Waals surface area contributed by atoms with E-state index in [-0.39, 0.29) is 0 Å². The molecule has 0 bridgehead atoms. The maximum atomic E-state index is 11.2. The van der Waals surface area contributed by atoms with Gasteiger partial charge in [0, 0.05) is 28.5 Å². The highest BCUT2D eigenvalue weighted by Gasteiger charge is 2.37. The van der Waals surface area contributed by atoms with Crippen molar-refractivity contribution in [3.8, 4) is 0 Å². The second-order valence-electron chi connectivity index (χ2n) is 7.43. The Labute approximate surface area is 147 Å². The van der Waals surface area contributed by atoms with Crippen LogP contribution in [-0.2, 0) is 19.5 Å². The van der Waals surface area contributed by atoms with E-state index in [1.807, 2.05) is 6.07 Å². The lowest BCUT2D eigenvalue weighted by molar-refractivity contribution is -0.950. The Hall–Kier alpha value is -2.39. The van der Waals surface area contributed by atoms with Crippen LogP contribution in [0.5, 0.6) is 0 Å². The van der Waals surface area contributed by atoms with Crippen LogP contribution in [0.3, 0.4) is 0 Å². The first kappa shape index (κ1) is 14.9. The first-order valence-electron chi connectivity index (χ1n) is 9.34. The van der Waals surface area contributed by atoms with Crippen molar-refractivity contribution >= 4 is 17.2 Å². The summed E-state index contributed by atoms with van der Waals surface area (Å²) in [7, 11) is 0. The molecule has 5 rings (SSSR count). The summed E-state index contributed by atoms with van der Waals surface area (Å²) in [6, 6.07) is 17.7. The molecular formula is C22H23N2O+. The van der Waals surface area contributed by atoms with Crippen LogP contribution in [0.1, 0.15) is 46.1 Å². The molecule has 1 aliphatic carbocycles. The summed E-state index contributed by atoms with van der Waals surface area (Å²) in [5.74, 6) is 0. The van der Waals surface area contributed by atoms with Gasteiger partial charge in [0.2, 0.25) is 0 Å². The molecule has 126 valence electrons. The molecule has 0 radical (unpaired) electrons. The number of aromatic nitrogens is 1. The molecule has 0 saturated heterocycles. The van der Waals surface area contributed by atoms with Crippen molar-refractivity contribution in [3.63, 3.8) is 0 Å². The zero-order valence-corrected chi connectivity index (χ0v) is 14.4. The first-order valence-corrected chi connectivity index (χ1v) is 9.34. The minimum Gasteiger partial charge on any atom is -0.334 e. The summed E-state index contributed by atoms with van der Waals surface area (Å²) in [5, 5.41) is 1.31. The summed E-state index contributed by atoms with van der Waals surface area (Å²) < 4.78 is 2.54. The molecule has 1 unspecified atom stereocenters. The van der Waals surface area contributed by atoms with Gasteiger partial charge in [-0.1, -0.05) is 30.3 Å². The number of benzene rings is 2. The molecule has 2 heterocycles. The SMILES string of the molecule is O=Cc1ccc2c(c1)c1c3n2CC[NH+](Cc2ccccc2)[C@@H]3CCC1. The summed E-state index contributed by atoms with van der Waals surface area (Å²) in [6.07, 6.45) is 4.64. The van der Waals surface area contributed by atoms with Gasteiger partial charge in [0.15, 0.2) is 0 Å². The molecule has 25 heavy (non-hydrogen) atoms. The van der Waals surface area contributed by atoms with E-state index in [9.17, 15) is 4.79 Å². The fourth-order valence-electron chi connectivity index (χ4n) is 4.95. The molecule has 2 atom stereocenters. The van der Waals surface area contributed by atoms with Crippen LogP contribution in [-0.4, -0.2) is 17.4 Å². The summed E-state index contributed by atoms with van der Waals surface area (Å²) in [5.41, 5.74) is 6.59. The number of nitrogens with zero attached hydrogens (tertiary/aromatic N) is 1. The topological polar surface area (TPSA) is 26.4 Å². The van der Waals surface area contributed by atoms with E-state index >= 15 is 0 Å². The fourth-order valence-corrected chi connectivity index (χ4v) is 4.95. The van der Waals surface area contributed by atoms with Crippen LogP contribution in [0.25, 0.3) is 10.9 Å². The standard InChI is InChI=1S/C22H22N2O/c25-15-17-9-10-20-19(13-17)18-7-4-8-21-22(18)24(20)12-11-23(21)14-16-5-2-1-3-6-16/h1-3,5-6,9-10,13,15,21H,4,7-8,11-12,14H2/p+1/t21-/m1/s1. The number of rotatable bonds is 3. The number of aldehydes is 1. The summed E-state index contributed by atoms with van der Waals surface area (Å²) in [4.78, 5) is 12.9. The van der Waals surface area contributed by atoms with Crippen molar-refractivity contribution in [3.05, 3.63) is 70.9 Å². The van der Waals surface area contributed by atoms with Crippen molar-refractivity contribution < 1.29 is 9.69 Å². The van der Waals surface area contributed by atoms with Gasteiger partial charge in [-0.05, 0) is 36.6 Å². The Morgan fingerprint density at radius 1 is 1.16 bits per heavy atom. The third kappa shape index (κ3) is 2.34. The van der Waals surface area contributed by atoms with Crippen molar-refractivity contribution in [1.29, 1.82) is 0 Å². The second kappa shape index (κ2) is 5.85. The number of nitrogens with one attached hydrogen (secondary N) is 1. The Morgan fingerprint density at radius 3 is 2.88 bits per heavy atom. The third-order valence-corrected chi connectivity index (χ3v) is 6.05. The molecular weight excluding hydrogens is 308 g/mol. The number of hydrogen-bond acceptors (Lipinski definition) is 1. The number of hydrogen-bond donors (Lipinski definition) is 1. The Kier molecular flexibility index (Phi) is 3.49. The van der Waals surface area contributed by atoms with E-state index in [0.717, 1.165) is 31.4 Å². The van der Waals surface area contributed by atoms with Gasteiger partial charge < -0.3 is 9.47 Å². The van der Waals surface area contributed by atoms with E-state index in [2.05, 4.69) is 47.0 Å². The van der Waals surface area contributed by atoms with Gasteiger partial charge >= 0.3 is 0 Å². The number of fused-ring (bicyclic) bond motifs is 3. The van der Waals surface area contributed by atoms with E-state index in [0.29, 0.717) is 6.04 Å². The lowest BCUT2D eigenvalue weighted by Gasteiger charge is -2.37. The van der Waals surface area contributed by atoms with Crippen LogP contribution in [0, 0.1) is 0 Å². The minimum atomic E-state index is 0.588. The van der Waals surface area contributed by atoms with Crippen molar-refractivity contribution in [2.45, 2.75) is 38.4 Å². The third-order valence-electron chi connectivity index (χ3n) is 6.05. The Bertz CT molecular complexity index is 942. The van der Waals surface area contributed by atoms with Gasteiger partial charge in [-0.3, -0.25) is 4.79 Å². The van der Waals surface area contributed by atoms with Gasteiger partial charge in [0.05, 0.1) is 18.8 Å². The molecule has 1 N–H and O–H groups in total. The number of aryl methyl sites for hydroxylation is 1. The van der Waals surface area contributed by atoms with Gasteiger partial charge in [-0.15, -0.1) is 0 Å². The molecule has 2 aromatic carbocycles. The quantitative estimate of drug-likeness (QED) is 0.734. The molecule has 3 heteroatoms. The van der Waals surface area contributed by atoms with Crippen molar-refractivity contribution in [1.82, 2.24) is 4.57 Å². The van der Waals surface area contributed by atoms with Gasteiger partial charge in [-0.2, -0.15) is 0 Å². The minimum absolute atomic E-state index is 0.588. The molecule has 1 aromatic heterocycles.